The van der Waals surface area contributed by atoms with E-state index in [9.17, 15) is 9.90 Å². The molecule has 2 aliphatic heterocycles. The molecule has 1 amide bonds. The van der Waals surface area contributed by atoms with Crippen LogP contribution in [0.5, 0.6) is 0 Å². The zero-order chi connectivity index (χ0) is 24.1. The number of nitrogens with zero attached hydrogens (tertiary/aromatic N) is 4. The molecule has 8 nitrogen and oxygen atoms in total. The molecule has 0 bridgehead atoms. The van der Waals surface area contributed by atoms with Crippen molar-refractivity contribution in [3.63, 3.8) is 0 Å². The maximum Gasteiger partial charge on any atom is 0.249 e. The summed E-state index contributed by atoms with van der Waals surface area (Å²) >= 11 is 0. The molecule has 0 unspecified atom stereocenters. The average molecular weight is 462 g/mol. The van der Waals surface area contributed by atoms with Gasteiger partial charge < -0.3 is 19.8 Å². The molecule has 2 saturated heterocycles. The number of aliphatic hydroxyl groups is 1. The largest absolute Gasteiger partial charge is 0.380 e. The Morgan fingerprint density at radius 2 is 1.94 bits per heavy atom. The molecule has 34 heavy (non-hydrogen) atoms. The normalized spacial score (nSPS) is 21.8. The lowest BCUT2D eigenvalue weighted by Gasteiger charge is -2.55. The molecule has 0 aliphatic carbocycles. The molecule has 0 radical (unpaired) electrons. The predicted octanol–water partition coefficient (Wildman–Crippen LogP) is 3.39. The molecule has 3 aromatic rings. The topological polar surface area (TPSA) is 104 Å². The van der Waals surface area contributed by atoms with E-state index in [4.69, 9.17) is 4.52 Å². The van der Waals surface area contributed by atoms with E-state index in [0.29, 0.717) is 41.6 Å². The number of aromatic nitrogens is 3. The number of hydrogen-bond acceptors (Lipinski definition) is 7. The molecule has 0 spiro atoms. The highest BCUT2D eigenvalue weighted by Crippen LogP contribution is 2.50. The summed E-state index contributed by atoms with van der Waals surface area (Å²) < 4.78 is 5.44. The Morgan fingerprint density at radius 1 is 1.21 bits per heavy atom. The fraction of sp³-hybridized carbons (Fsp3) is 0.462. The van der Waals surface area contributed by atoms with E-state index in [1.165, 1.54) is 5.56 Å². The maximum absolute atomic E-state index is 12.4. The number of amides is 1. The van der Waals surface area contributed by atoms with Crippen molar-refractivity contribution >= 4 is 5.91 Å². The summed E-state index contributed by atoms with van der Waals surface area (Å²) in [6.45, 7) is 7.95. The Hall–Kier alpha value is -3.10. The highest BCUT2D eigenvalue weighted by molar-refractivity contribution is 5.78. The quantitative estimate of drug-likeness (QED) is 0.580. The van der Waals surface area contributed by atoms with Gasteiger partial charge >= 0.3 is 0 Å². The summed E-state index contributed by atoms with van der Waals surface area (Å²) in [5.74, 6) is 1.17. The third-order valence-electron chi connectivity index (χ3n) is 7.26. The van der Waals surface area contributed by atoms with Gasteiger partial charge in [0.1, 0.15) is 11.6 Å². The molecule has 2 aliphatic rings. The number of hydrogen-bond donors (Lipinski definition) is 2. The van der Waals surface area contributed by atoms with Crippen LogP contribution in [-0.4, -0.2) is 51.2 Å². The first-order valence-corrected chi connectivity index (χ1v) is 11.8. The van der Waals surface area contributed by atoms with Crippen LogP contribution in [0.1, 0.15) is 68.2 Å². The lowest BCUT2D eigenvalue weighted by atomic mass is 9.62. The second-order valence-corrected chi connectivity index (χ2v) is 10.3. The molecule has 0 saturated carbocycles. The van der Waals surface area contributed by atoms with Crippen LogP contribution in [-0.2, 0) is 10.4 Å². The van der Waals surface area contributed by atoms with Crippen molar-refractivity contribution in [2.24, 2.45) is 5.41 Å². The van der Waals surface area contributed by atoms with E-state index in [2.05, 4.69) is 65.3 Å². The van der Waals surface area contributed by atoms with Crippen LogP contribution in [0.3, 0.4) is 0 Å². The zero-order valence-corrected chi connectivity index (χ0v) is 20.1. The third-order valence-corrected chi connectivity index (χ3v) is 7.26. The molecule has 1 aromatic carbocycles. The van der Waals surface area contributed by atoms with Gasteiger partial charge in [0.05, 0.1) is 0 Å². The van der Waals surface area contributed by atoms with E-state index >= 15 is 0 Å². The van der Waals surface area contributed by atoms with Crippen LogP contribution in [0.2, 0.25) is 0 Å². The van der Waals surface area contributed by atoms with E-state index in [1.54, 1.807) is 12.4 Å². The Morgan fingerprint density at radius 3 is 2.56 bits per heavy atom. The van der Waals surface area contributed by atoms with Gasteiger partial charge in [0.25, 0.3) is 0 Å². The second-order valence-electron chi connectivity index (χ2n) is 10.3. The van der Waals surface area contributed by atoms with Crippen LogP contribution < -0.4 is 5.32 Å². The van der Waals surface area contributed by atoms with Crippen molar-refractivity contribution in [2.45, 2.75) is 51.2 Å². The zero-order valence-electron chi connectivity index (χ0n) is 20.1. The minimum atomic E-state index is -1.25. The summed E-state index contributed by atoms with van der Waals surface area (Å²) in [4.78, 5) is 22.7. The Labute approximate surface area is 199 Å². The van der Waals surface area contributed by atoms with Gasteiger partial charge in [-0.25, -0.2) is 0 Å². The van der Waals surface area contributed by atoms with E-state index in [0.717, 1.165) is 18.7 Å². The van der Waals surface area contributed by atoms with Crippen molar-refractivity contribution in [3.8, 4) is 11.4 Å². The predicted molar refractivity (Wildman–Crippen MR) is 127 cm³/mol. The molecule has 2 fully saturated rings. The molecule has 2 aromatic heterocycles. The number of carbonyl (C=O) groups excluding carboxylic acids is 1. The Balaban J connectivity index is 1.54. The highest BCUT2D eigenvalue weighted by Gasteiger charge is 2.55. The van der Waals surface area contributed by atoms with Crippen LogP contribution in [0, 0.1) is 5.41 Å². The van der Waals surface area contributed by atoms with Crippen LogP contribution >= 0.6 is 0 Å². The van der Waals surface area contributed by atoms with Crippen molar-refractivity contribution in [3.05, 3.63) is 65.3 Å². The smallest absolute Gasteiger partial charge is 0.249 e. The lowest BCUT2D eigenvalue weighted by molar-refractivity contribution is -0.127. The number of rotatable bonds is 6. The van der Waals surface area contributed by atoms with Gasteiger partial charge in [-0.05, 0) is 36.6 Å². The van der Waals surface area contributed by atoms with Gasteiger partial charge in [-0.1, -0.05) is 50.2 Å². The molecular weight excluding hydrogens is 430 g/mol. The summed E-state index contributed by atoms with van der Waals surface area (Å²) in [6, 6.07) is 9.88. The minimum Gasteiger partial charge on any atom is -0.380 e. The number of nitrogens with one attached hydrogen (secondary N) is 1. The number of benzene rings is 1. The van der Waals surface area contributed by atoms with E-state index in [1.807, 2.05) is 18.2 Å². The Kier molecular flexibility index (Phi) is 5.53. The standard InChI is InChI=1S/C26H31N5O3/c1-16(2)17-5-7-19(8-6-17)26(33,25(3)14-31(4)15-25)20-11-18(12-27-13-20)23-29-24(34-30-23)21-9-10-22(32)28-21/h5-8,11-13,16,21,33H,9-10,14-15H2,1-4H3,(H,28,32)/t21-,26-/m0/s1. The maximum atomic E-state index is 12.4. The summed E-state index contributed by atoms with van der Waals surface area (Å²) in [5.41, 5.74) is 1.78. The number of pyridine rings is 1. The fourth-order valence-corrected chi connectivity index (χ4v) is 5.40. The summed E-state index contributed by atoms with van der Waals surface area (Å²) in [5, 5.41) is 19.4. The van der Waals surface area contributed by atoms with Crippen molar-refractivity contribution in [2.75, 3.05) is 20.1 Å². The number of likely N-dealkylation sites (tertiary alicyclic amines) is 1. The van der Waals surface area contributed by atoms with Gasteiger partial charge in [0.2, 0.25) is 17.6 Å². The first-order valence-electron chi connectivity index (χ1n) is 11.8. The fourth-order valence-electron chi connectivity index (χ4n) is 5.40. The Bertz CT molecular complexity index is 1200. The first-order chi connectivity index (χ1) is 16.2. The second kappa shape index (κ2) is 8.29. The third kappa shape index (κ3) is 3.71. The minimum absolute atomic E-state index is 0.0133. The molecule has 8 heteroatoms. The molecule has 2 atom stereocenters. The molecule has 4 heterocycles. The highest BCUT2D eigenvalue weighted by atomic mass is 16.5. The van der Waals surface area contributed by atoms with Crippen LogP contribution in [0.25, 0.3) is 11.4 Å². The summed E-state index contributed by atoms with van der Waals surface area (Å²) in [7, 11) is 2.06. The van der Waals surface area contributed by atoms with Gasteiger partial charge in [-0.2, -0.15) is 4.98 Å². The monoisotopic (exact) mass is 461 g/mol. The van der Waals surface area contributed by atoms with Gasteiger partial charge in [0.15, 0.2) is 0 Å². The summed E-state index contributed by atoms with van der Waals surface area (Å²) in [6.07, 6.45) is 4.48. The van der Waals surface area contributed by atoms with Crippen molar-refractivity contribution < 1.29 is 14.4 Å². The lowest BCUT2D eigenvalue weighted by Crippen LogP contribution is -2.63. The molecular formula is C26H31N5O3. The van der Waals surface area contributed by atoms with Crippen molar-refractivity contribution in [1.82, 2.24) is 25.3 Å². The van der Waals surface area contributed by atoms with Gasteiger partial charge in [0, 0.05) is 48.4 Å². The van der Waals surface area contributed by atoms with Crippen molar-refractivity contribution in [1.29, 1.82) is 0 Å². The molecule has 178 valence electrons. The molecule has 5 rings (SSSR count). The van der Waals surface area contributed by atoms with E-state index < -0.39 is 11.0 Å². The SMILES string of the molecule is CC(C)c1ccc([C@](O)(c2cncc(-c3noc([C@@H]4CCC(=O)N4)n3)c2)C2(C)CN(C)C2)cc1. The molecule has 2 N–H and O–H groups in total. The number of carbonyl (C=O) groups is 1. The average Bonchev–Trinajstić information content (AvgIpc) is 3.47. The van der Waals surface area contributed by atoms with Gasteiger partial charge in [-0.3, -0.25) is 9.78 Å². The van der Waals surface area contributed by atoms with Gasteiger partial charge in [-0.15, -0.1) is 0 Å². The van der Waals surface area contributed by atoms with Crippen LogP contribution in [0.4, 0.5) is 0 Å². The van der Waals surface area contributed by atoms with E-state index in [-0.39, 0.29) is 11.9 Å². The van der Waals surface area contributed by atoms with Crippen LogP contribution in [0.15, 0.2) is 47.2 Å². The first kappa shape index (κ1) is 22.7.